The highest BCUT2D eigenvalue weighted by atomic mass is 35.5. The monoisotopic (exact) mass is 355 g/mol. The summed E-state index contributed by atoms with van der Waals surface area (Å²) >= 11 is 0. The quantitative estimate of drug-likeness (QED) is 0.777. The molecular formula is C17H23ClFN3O2. The molecule has 2 bridgehead atoms. The number of halogens is 2. The first-order chi connectivity index (χ1) is 11.0. The van der Waals surface area contributed by atoms with Crippen LogP contribution in [0.1, 0.15) is 39.0 Å². The van der Waals surface area contributed by atoms with Crippen LogP contribution >= 0.6 is 12.4 Å². The third-order valence-corrected chi connectivity index (χ3v) is 4.61. The van der Waals surface area contributed by atoms with Gasteiger partial charge in [-0.3, -0.25) is 9.59 Å². The number of fused-ring (bicyclic) bond motifs is 2. The van der Waals surface area contributed by atoms with Gasteiger partial charge in [0.05, 0.1) is 5.69 Å². The van der Waals surface area contributed by atoms with Gasteiger partial charge in [-0.15, -0.1) is 12.4 Å². The Balaban J connectivity index is 0.00000208. The van der Waals surface area contributed by atoms with Gasteiger partial charge in [0.25, 0.3) is 0 Å². The SMILES string of the molecule is CC(=O)Nc1ccc(F)c(NC(=O)CC2CC3CCC(C2)N3)c1.Cl. The van der Waals surface area contributed by atoms with Crippen molar-refractivity contribution >= 4 is 35.6 Å². The fourth-order valence-corrected chi connectivity index (χ4v) is 3.71. The van der Waals surface area contributed by atoms with Gasteiger partial charge in [0.2, 0.25) is 11.8 Å². The van der Waals surface area contributed by atoms with Crippen LogP contribution in [0.5, 0.6) is 0 Å². The van der Waals surface area contributed by atoms with E-state index in [1.54, 1.807) is 0 Å². The van der Waals surface area contributed by atoms with Crippen molar-refractivity contribution in [2.45, 2.75) is 51.1 Å². The lowest BCUT2D eigenvalue weighted by Crippen LogP contribution is -2.39. The van der Waals surface area contributed by atoms with Gasteiger partial charge >= 0.3 is 0 Å². The first-order valence-electron chi connectivity index (χ1n) is 8.12. The van der Waals surface area contributed by atoms with Crippen LogP contribution in [0.3, 0.4) is 0 Å². The van der Waals surface area contributed by atoms with Crippen LogP contribution in [-0.4, -0.2) is 23.9 Å². The number of benzene rings is 1. The van der Waals surface area contributed by atoms with Gasteiger partial charge in [0, 0.05) is 31.1 Å². The van der Waals surface area contributed by atoms with Gasteiger partial charge < -0.3 is 16.0 Å². The molecule has 0 spiro atoms. The first-order valence-corrected chi connectivity index (χ1v) is 8.12. The maximum atomic E-state index is 13.8. The molecule has 2 heterocycles. The Kier molecular flexibility index (Phi) is 6.18. The van der Waals surface area contributed by atoms with Crippen molar-refractivity contribution in [3.05, 3.63) is 24.0 Å². The van der Waals surface area contributed by atoms with Gasteiger partial charge in [0.1, 0.15) is 5.82 Å². The van der Waals surface area contributed by atoms with Crippen molar-refractivity contribution in [2.24, 2.45) is 5.92 Å². The molecule has 1 aromatic rings. The summed E-state index contributed by atoms with van der Waals surface area (Å²) in [5.41, 5.74) is 0.576. The van der Waals surface area contributed by atoms with Gasteiger partial charge in [0.15, 0.2) is 0 Å². The number of rotatable bonds is 4. The van der Waals surface area contributed by atoms with E-state index in [2.05, 4.69) is 16.0 Å². The van der Waals surface area contributed by atoms with Gasteiger partial charge in [-0.05, 0) is 49.8 Å². The molecule has 0 aromatic heterocycles. The summed E-state index contributed by atoms with van der Waals surface area (Å²) in [6, 6.07) is 5.22. The average Bonchev–Trinajstić information content (AvgIpc) is 2.81. The summed E-state index contributed by atoms with van der Waals surface area (Å²) in [6.45, 7) is 1.38. The molecule has 2 aliphatic rings. The van der Waals surface area contributed by atoms with Crippen LogP contribution in [0.25, 0.3) is 0 Å². The van der Waals surface area contributed by atoms with Crippen molar-refractivity contribution in [2.75, 3.05) is 10.6 Å². The minimum Gasteiger partial charge on any atom is -0.326 e. The molecule has 1 aromatic carbocycles. The lowest BCUT2D eigenvalue weighted by Gasteiger charge is -2.28. The van der Waals surface area contributed by atoms with Crippen LogP contribution in [0.2, 0.25) is 0 Å². The van der Waals surface area contributed by atoms with E-state index in [0.717, 1.165) is 12.8 Å². The largest absolute Gasteiger partial charge is 0.326 e. The van der Waals surface area contributed by atoms with Crippen LogP contribution < -0.4 is 16.0 Å². The molecule has 2 fully saturated rings. The molecular weight excluding hydrogens is 333 g/mol. The highest BCUT2D eigenvalue weighted by Gasteiger charge is 2.34. The second kappa shape index (κ2) is 7.94. The zero-order valence-electron chi connectivity index (χ0n) is 13.6. The van der Waals surface area contributed by atoms with Gasteiger partial charge in [-0.1, -0.05) is 0 Å². The van der Waals surface area contributed by atoms with E-state index >= 15 is 0 Å². The second-order valence-corrected chi connectivity index (χ2v) is 6.60. The fraction of sp³-hybridized carbons (Fsp3) is 0.529. The summed E-state index contributed by atoms with van der Waals surface area (Å²) in [7, 11) is 0. The van der Waals surface area contributed by atoms with E-state index in [9.17, 15) is 14.0 Å². The van der Waals surface area contributed by atoms with Crippen molar-refractivity contribution < 1.29 is 14.0 Å². The zero-order chi connectivity index (χ0) is 16.4. The lowest BCUT2D eigenvalue weighted by atomic mass is 9.89. The first kappa shape index (κ1) is 18.7. The molecule has 0 saturated carbocycles. The van der Waals surface area contributed by atoms with Crippen LogP contribution in [0.4, 0.5) is 15.8 Å². The minimum atomic E-state index is -0.502. The third-order valence-electron chi connectivity index (χ3n) is 4.61. The second-order valence-electron chi connectivity index (χ2n) is 6.60. The maximum Gasteiger partial charge on any atom is 0.224 e. The normalized spacial score (nSPS) is 24.8. The number of hydrogen-bond donors (Lipinski definition) is 3. The number of carbonyl (C=O) groups excluding carboxylic acids is 2. The number of hydrogen-bond acceptors (Lipinski definition) is 3. The standard InChI is InChI=1S/C17H22FN3O2.ClH/c1-10(22)19-14-4-5-15(18)16(9-14)21-17(23)8-11-6-12-2-3-13(7-11)20-12;/h4-5,9,11-13,20H,2-3,6-8H2,1H3,(H,19,22)(H,21,23);1H. The Morgan fingerprint density at radius 3 is 2.50 bits per heavy atom. The number of carbonyl (C=O) groups is 2. The molecule has 7 heteroatoms. The summed E-state index contributed by atoms with van der Waals surface area (Å²) in [5, 5.41) is 8.76. The molecule has 132 valence electrons. The molecule has 24 heavy (non-hydrogen) atoms. The van der Waals surface area contributed by atoms with Crippen LogP contribution in [0.15, 0.2) is 18.2 Å². The Bertz CT molecular complexity index is 614. The average molecular weight is 356 g/mol. The Labute approximate surface area is 147 Å². The van der Waals surface area contributed by atoms with E-state index in [4.69, 9.17) is 0 Å². The number of nitrogens with one attached hydrogen (secondary N) is 3. The predicted molar refractivity (Wildman–Crippen MR) is 93.9 cm³/mol. The maximum absolute atomic E-state index is 13.8. The fourth-order valence-electron chi connectivity index (χ4n) is 3.71. The van der Waals surface area contributed by atoms with Crippen LogP contribution in [0, 0.1) is 11.7 Å². The van der Waals surface area contributed by atoms with Crippen molar-refractivity contribution in [1.82, 2.24) is 5.32 Å². The van der Waals surface area contributed by atoms with Crippen molar-refractivity contribution in [1.29, 1.82) is 0 Å². The Morgan fingerprint density at radius 1 is 1.21 bits per heavy atom. The summed E-state index contributed by atoms with van der Waals surface area (Å²) in [6.07, 6.45) is 4.82. The third kappa shape index (κ3) is 4.68. The zero-order valence-corrected chi connectivity index (χ0v) is 14.4. The van der Waals surface area contributed by atoms with E-state index in [1.165, 1.54) is 38.0 Å². The van der Waals surface area contributed by atoms with E-state index in [0.29, 0.717) is 30.1 Å². The van der Waals surface area contributed by atoms with Gasteiger partial charge in [-0.25, -0.2) is 4.39 Å². The lowest BCUT2D eigenvalue weighted by molar-refractivity contribution is -0.117. The molecule has 2 unspecified atom stereocenters. The Hall–Kier alpha value is -1.66. The molecule has 2 amide bonds. The summed E-state index contributed by atoms with van der Waals surface area (Å²) in [4.78, 5) is 23.3. The highest BCUT2D eigenvalue weighted by Crippen LogP contribution is 2.33. The number of amides is 2. The molecule has 0 radical (unpaired) electrons. The van der Waals surface area contributed by atoms with E-state index in [1.807, 2.05) is 0 Å². The molecule has 3 N–H and O–H groups in total. The van der Waals surface area contributed by atoms with Crippen molar-refractivity contribution in [3.8, 4) is 0 Å². The number of piperidine rings is 1. The molecule has 3 rings (SSSR count). The molecule has 2 atom stereocenters. The summed E-state index contributed by atoms with van der Waals surface area (Å²) < 4.78 is 13.8. The molecule has 2 aliphatic heterocycles. The number of anilines is 2. The van der Waals surface area contributed by atoms with Crippen molar-refractivity contribution in [3.63, 3.8) is 0 Å². The Morgan fingerprint density at radius 2 is 1.88 bits per heavy atom. The molecule has 2 saturated heterocycles. The molecule has 0 aliphatic carbocycles. The van der Waals surface area contributed by atoms with E-state index in [-0.39, 0.29) is 29.9 Å². The van der Waals surface area contributed by atoms with E-state index < -0.39 is 5.82 Å². The highest BCUT2D eigenvalue weighted by molar-refractivity contribution is 5.93. The van der Waals surface area contributed by atoms with Crippen LogP contribution in [-0.2, 0) is 9.59 Å². The van der Waals surface area contributed by atoms with Gasteiger partial charge in [-0.2, -0.15) is 0 Å². The predicted octanol–water partition coefficient (Wildman–Crippen LogP) is 3.07. The smallest absolute Gasteiger partial charge is 0.224 e. The molecule has 5 nitrogen and oxygen atoms in total. The topological polar surface area (TPSA) is 70.2 Å². The summed E-state index contributed by atoms with van der Waals surface area (Å²) in [5.74, 6) is -0.553. The minimum absolute atomic E-state index is 0.